The molecule has 0 fully saturated rings. The summed E-state index contributed by atoms with van der Waals surface area (Å²) in [6.45, 7) is 0. The average molecular weight is 236 g/mol. The first-order valence-electron chi connectivity index (χ1n) is 4.69. The van der Waals surface area contributed by atoms with Crippen molar-refractivity contribution < 1.29 is 13.6 Å². The summed E-state index contributed by atoms with van der Waals surface area (Å²) in [5.41, 5.74) is 0.564. The average Bonchev–Trinajstić information content (AvgIpc) is 2.81. The maximum atomic E-state index is 12.6. The van der Waals surface area contributed by atoms with Gasteiger partial charge in [-0.25, -0.2) is 4.39 Å². The highest BCUT2D eigenvalue weighted by Gasteiger charge is 2.07. The maximum Gasteiger partial charge on any atom is 0.176 e. The second-order valence-electron chi connectivity index (χ2n) is 3.18. The zero-order chi connectivity index (χ0) is 11.4. The number of hydrogen-bond acceptors (Lipinski definition) is 3. The number of carbonyl (C=O) groups excluding carboxylic acids is 1. The molecule has 0 N–H and O–H groups in total. The fourth-order valence-electron chi connectivity index (χ4n) is 1.19. The highest BCUT2D eigenvalue weighted by atomic mass is 32.2. The Morgan fingerprint density at radius 2 is 2.00 bits per heavy atom. The van der Waals surface area contributed by atoms with Gasteiger partial charge < -0.3 is 4.42 Å². The number of halogens is 1. The SMILES string of the molecule is O=C(CSc1ccc(F)cc1)c1ccoc1. The van der Waals surface area contributed by atoms with Gasteiger partial charge in [0, 0.05) is 4.90 Å². The minimum atomic E-state index is -0.273. The van der Waals surface area contributed by atoms with Gasteiger partial charge in [-0.3, -0.25) is 4.79 Å². The number of Topliss-reactive ketones (excluding diaryl/α,β-unsaturated/α-hetero) is 1. The van der Waals surface area contributed by atoms with Crippen LogP contribution >= 0.6 is 11.8 Å². The molecule has 0 unspecified atom stereocenters. The fourth-order valence-corrected chi connectivity index (χ4v) is 1.98. The second kappa shape index (κ2) is 4.99. The first-order valence-corrected chi connectivity index (χ1v) is 5.68. The monoisotopic (exact) mass is 236 g/mol. The number of furan rings is 1. The van der Waals surface area contributed by atoms with E-state index in [1.54, 1.807) is 18.2 Å². The lowest BCUT2D eigenvalue weighted by Crippen LogP contribution is -1.99. The Bertz CT molecular complexity index is 462. The summed E-state index contributed by atoms with van der Waals surface area (Å²) in [4.78, 5) is 12.5. The van der Waals surface area contributed by atoms with Crippen molar-refractivity contribution in [1.82, 2.24) is 0 Å². The third kappa shape index (κ3) is 2.73. The van der Waals surface area contributed by atoms with Crippen molar-refractivity contribution >= 4 is 17.5 Å². The quantitative estimate of drug-likeness (QED) is 0.602. The lowest BCUT2D eigenvalue weighted by molar-refractivity contribution is 0.102. The van der Waals surface area contributed by atoms with E-state index >= 15 is 0 Å². The molecule has 0 spiro atoms. The number of benzene rings is 1. The van der Waals surface area contributed by atoms with Crippen molar-refractivity contribution in [2.45, 2.75) is 4.90 Å². The van der Waals surface area contributed by atoms with Gasteiger partial charge in [-0.2, -0.15) is 0 Å². The summed E-state index contributed by atoms with van der Waals surface area (Å²) in [7, 11) is 0. The molecule has 0 saturated carbocycles. The number of ketones is 1. The Hall–Kier alpha value is -1.55. The molecule has 0 bridgehead atoms. The minimum Gasteiger partial charge on any atom is -0.472 e. The van der Waals surface area contributed by atoms with Crippen LogP contribution in [0.15, 0.2) is 52.2 Å². The predicted molar refractivity (Wildman–Crippen MR) is 60.2 cm³/mol. The second-order valence-corrected chi connectivity index (χ2v) is 4.23. The first-order chi connectivity index (χ1) is 7.75. The molecule has 0 aliphatic heterocycles. The van der Waals surface area contributed by atoms with Crippen LogP contribution in [0.5, 0.6) is 0 Å². The molecule has 2 rings (SSSR count). The fraction of sp³-hybridized carbons (Fsp3) is 0.0833. The summed E-state index contributed by atoms with van der Waals surface area (Å²) in [6, 6.07) is 7.70. The minimum absolute atomic E-state index is 0.00285. The van der Waals surface area contributed by atoms with Gasteiger partial charge in [-0.15, -0.1) is 11.8 Å². The van der Waals surface area contributed by atoms with Gasteiger partial charge in [0.15, 0.2) is 5.78 Å². The van der Waals surface area contributed by atoms with Gasteiger partial charge in [0.05, 0.1) is 17.6 Å². The molecule has 1 aromatic heterocycles. The highest BCUT2D eigenvalue weighted by molar-refractivity contribution is 8.00. The number of hydrogen-bond donors (Lipinski definition) is 0. The van der Waals surface area contributed by atoms with Gasteiger partial charge >= 0.3 is 0 Å². The van der Waals surface area contributed by atoms with E-state index in [-0.39, 0.29) is 11.6 Å². The number of thioether (sulfide) groups is 1. The summed E-state index contributed by atoms with van der Waals surface area (Å²) in [5, 5.41) is 0. The van der Waals surface area contributed by atoms with E-state index in [0.29, 0.717) is 11.3 Å². The third-order valence-electron chi connectivity index (χ3n) is 2.03. The van der Waals surface area contributed by atoms with Crippen LogP contribution in [0.25, 0.3) is 0 Å². The number of rotatable bonds is 4. The van der Waals surface area contributed by atoms with E-state index < -0.39 is 0 Å². The van der Waals surface area contributed by atoms with Crippen molar-refractivity contribution in [2.75, 3.05) is 5.75 Å². The molecule has 0 aliphatic carbocycles. The normalized spacial score (nSPS) is 10.3. The van der Waals surface area contributed by atoms with Crippen molar-refractivity contribution in [1.29, 1.82) is 0 Å². The van der Waals surface area contributed by atoms with Crippen molar-refractivity contribution in [3.8, 4) is 0 Å². The van der Waals surface area contributed by atoms with Crippen LogP contribution in [-0.2, 0) is 0 Å². The standard InChI is InChI=1S/C12H9FO2S/c13-10-1-3-11(4-2-10)16-8-12(14)9-5-6-15-7-9/h1-7H,8H2. The maximum absolute atomic E-state index is 12.6. The summed E-state index contributed by atoms with van der Waals surface area (Å²) in [6.07, 6.45) is 2.89. The first kappa shape index (κ1) is 11.0. The smallest absolute Gasteiger partial charge is 0.176 e. The molecule has 4 heteroatoms. The van der Waals surface area contributed by atoms with E-state index in [9.17, 15) is 9.18 Å². The van der Waals surface area contributed by atoms with E-state index in [0.717, 1.165) is 4.90 Å². The molecule has 82 valence electrons. The van der Waals surface area contributed by atoms with Crippen molar-refractivity contribution in [3.05, 3.63) is 54.2 Å². The molecule has 1 heterocycles. The van der Waals surface area contributed by atoms with Crippen molar-refractivity contribution in [2.24, 2.45) is 0 Å². The molecule has 0 radical (unpaired) electrons. The summed E-state index contributed by atoms with van der Waals surface area (Å²) in [5.74, 6) is 0.0547. The van der Waals surface area contributed by atoms with E-state index in [1.807, 2.05) is 0 Å². The van der Waals surface area contributed by atoms with Gasteiger partial charge in [-0.05, 0) is 30.3 Å². The molecule has 2 aromatic rings. The molecule has 0 atom stereocenters. The largest absolute Gasteiger partial charge is 0.472 e. The van der Waals surface area contributed by atoms with Crippen molar-refractivity contribution in [3.63, 3.8) is 0 Å². The highest BCUT2D eigenvalue weighted by Crippen LogP contribution is 2.19. The Kier molecular flexibility index (Phi) is 3.41. The lowest BCUT2D eigenvalue weighted by atomic mass is 10.2. The van der Waals surface area contributed by atoms with Gasteiger partial charge in [0.25, 0.3) is 0 Å². The third-order valence-corrected chi connectivity index (χ3v) is 3.04. The topological polar surface area (TPSA) is 30.2 Å². The molecule has 16 heavy (non-hydrogen) atoms. The summed E-state index contributed by atoms with van der Waals surface area (Å²) >= 11 is 1.38. The number of carbonyl (C=O) groups is 1. The van der Waals surface area contributed by atoms with Gasteiger partial charge in [0.2, 0.25) is 0 Å². The van der Waals surface area contributed by atoms with Crippen LogP contribution in [-0.4, -0.2) is 11.5 Å². The molecular formula is C12H9FO2S. The van der Waals surface area contributed by atoms with Crippen LogP contribution in [0.1, 0.15) is 10.4 Å². The van der Waals surface area contributed by atoms with Crippen LogP contribution < -0.4 is 0 Å². The Balaban J connectivity index is 1.93. The van der Waals surface area contributed by atoms with Crippen LogP contribution in [0, 0.1) is 5.82 Å². The van der Waals surface area contributed by atoms with Gasteiger partial charge in [-0.1, -0.05) is 0 Å². The molecule has 2 nitrogen and oxygen atoms in total. The molecule has 1 aromatic carbocycles. The van der Waals surface area contributed by atoms with Crippen LogP contribution in [0.4, 0.5) is 4.39 Å². The Labute approximate surface area is 96.5 Å². The Morgan fingerprint density at radius 1 is 1.25 bits per heavy atom. The van der Waals surface area contributed by atoms with E-state index in [2.05, 4.69) is 0 Å². The molecule has 0 aliphatic rings. The van der Waals surface area contributed by atoms with E-state index in [1.165, 1.54) is 36.4 Å². The zero-order valence-electron chi connectivity index (χ0n) is 8.35. The Morgan fingerprint density at radius 3 is 2.62 bits per heavy atom. The van der Waals surface area contributed by atoms with E-state index in [4.69, 9.17) is 4.42 Å². The summed E-state index contributed by atoms with van der Waals surface area (Å²) < 4.78 is 17.4. The molecular weight excluding hydrogens is 227 g/mol. The molecule has 0 saturated heterocycles. The molecule has 0 amide bonds. The van der Waals surface area contributed by atoms with Crippen LogP contribution in [0.3, 0.4) is 0 Å². The zero-order valence-corrected chi connectivity index (χ0v) is 9.17. The van der Waals surface area contributed by atoms with Gasteiger partial charge in [0.1, 0.15) is 12.1 Å². The predicted octanol–water partition coefficient (Wildman–Crippen LogP) is 3.39. The van der Waals surface area contributed by atoms with Crippen LogP contribution in [0.2, 0.25) is 0 Å². The lowest BCUT2D eigenvalue weighted by Gasteiger charge is -1.99.